The molecule has 25 heavy (non-hydrogen) atoms. The standard InChI is InChI=1S/C19H28N2O4/c1-18(2,3)25-17(22)21-11-9-20(10-12-21)14-7-6-8-15-16(14)23-13-19(4,5)24-15/h6-8H,9-13H2,1-5H3. The number of piperazine rings is 1. The summed E-state index contributed by atoms with van der Waals surface area (Å²) >= 11 is 0. The molecule has 138 valence electrons. The molecule has 6 heteroatoms. The van der Waals surface area contributed by atoms with Gasteiger partial charge in [0, 0.05) is 26.2 Å². The molecule has 0 saturated carbocycles. The summed E-state index contributed by atoms with van der Waals surface area (Å²) < 4.78 is 17.5. The van der Waals surface area contributed by atoms with Crippen LogP contribution in [-0.4, -0.2) is 55.0 Å². The summed E-state index contributed by atoms with van der Waals surface area (Å²) in [6.07, 6.45) is -0.247. The second kappa shape index (κ2) is 6.32. The van der Waals surface area contributed by atoms with Gasteiger partial charge in [-0.05, 0) is 46.8 Å². The van der Waals surface area contributed by atoms with E-state index in [-0.39, 0.29) is 11.7 Å². The number of carbonyl (C=O) groups is 1. The summed E-state index contributed by atoms with van der Waals surface area (Å²) in [5.74, 6) is 1.58. The van der Waals surface area contributed by atoms with Crippen molar-refractivity contribution in [3.05, 3.63) is 18.2 Å². The van der Waals surface area contributed by atoms with Crippen LogP contribution in [-0.2, 0) is 4.74 Å². The van der Waals surface area contributed by atoms with Crippen LogP contribution in [0.25, 0.3) is 0 Å². The summed E-state index contributed by atoms with van der Waals surface area (Å²) in [7, 11) is 0. The zero-order valence-electron chi connectivity index (χ0n) is 15.8. The highest BCUT2D eigenvalue weighted by Crippen LogP contribution is 2.42. The molecule has 0 bridgehead atoms. The summed E-state index contributed by atoms with van der Waals surface area (Å²) in [6, 6.07) is 5.97. The lowest BCUT2D eigenvalue weighted by Crippen LogP contribution is -2.50. The molecule has 3 rings (SSSR count). The Kier molecular flexibility index (Phi) is 4.47. The van der Waals surface area contributed by atoms with Crippen molar-refractivity contribution in [1.29, 1.82) is 0 Å². The minimum atomic E-state index is -0.468. The fourth-order valence-corrected chi connectivity index (χ4v) is 3.01. The molecule has 0 spiro atoms. The Morgan fingerprint density at radius 2 is 1.84 bits per heavy atom. The van der Waals surface area contributed by atoms with Crippen molar-refractivity contribution >= 4 is 11.8 Å². The van der Waals surface area contributed by atoms with Crippen molar-refractivity contribution in [3.8, 4) is 11.5 Å². The minimum Gasteiger partial charge on any atom is -0.483 e. The molecule has 1 aromatic rings. The molecule has 1 fully saturated rings. The first-order valence-electron chi connectivity index (χ1n) is 8.82. The topological polar surface area (TPSA) is 51.2 Å². The molecule has 0 radical (unpaired) electrons. The van der Waals surface area contributed by atoms with Gasteiger partial charge in [0.05, 0.1) is 5.69 Å². The third-order valence-corrected chi connectivity index (χ3v) is 4.18. The van der Waals surface area contributed by atoms with Gasteiger partial charge in [0.15, 0.2) is 11.5 Å². The smallest absolute Gasteiger partial charge is 0.410 e. The Bertz CT molecular complexity index is 643. The Hall–Kier alpha value is -2.11. The molecule has 0 aromatic heterocycles. The molecule has 0 aliphatic carbocycles. The molecular weight excluding hydrogens is 320 g/mol. The number of rotatable bonds is 1. The zero-order chi connectivity index (χ0) is 18.2. The maximum atomic E-state index is 12.2. The van der Waals surface area contributed by atoms with Crippen LogP contribution in [0.5, 0.6) is 11.5 Å². The number of hydrogen-bond acceptors (Lipinski definition) is 5. The van der Waals surface area contributed by atoms with E-state index in [9.17, 15) is 4.79 Å². The number of fused-ring (bicyclic) bond motifs is 1. The van der Waals surface area contributed by atoms with Crippen LogP contribution in [0.1, 0.15) is 34.6 Å². The summed E-state index contributed by atoms with van der Waals surface area (Å²) in [6.45, 7) is 12.9. The number of ether oxygens (including phenoxy) is 3. The molecule has 1 saturated heterocycles. The summed E-state index contributed by atoms with van der Waals surface area (Å²) in [5.41, 5.74) is 0.239. The van der Waals surface area contributed by atoms with Crippen LogP contribution in [0, 0.1) is 0 Å². The summed E-state index contributed by atoms with van der Waals surface area (Å²) in [5, 5.41) is 0. The molecule has 6 nitrogen and oxygen atoms in total. The van der Waals surface area contributed by atoms with Crippen molar-refractivity contribution in [2.24, 2.45) is 0 Å². The van der Waals surface area contributed by atoms with Crippen LogP contribution in [0.15, 0.2) is 18.2 Å². The molecule has 1 aromatic carbocycles. The van der Waals surface area contributed by atoms with Crippen molar-refractivity contribution in [1.82, 2.24) is 4.90 Å². The number of carbonyl (C=O) groups excluding carboxylic acids is 1. The van der Waals surface area contributed by atoms with Gasteiger partial charge >= 0.3 is 6.09 Å². The van der Waals surface area contributed by atoms with Crippen LogP contribution >= 0.6 is 0 Å². The maximum Gasteiger partial charge on any atom is 0.410 e. The molecule has 2 aliphatic rings. The maximum absolute atomic E-state index is 12.2. The zero-order valence-corrected chi connectivity index (χ0v) is 15.8. The van der Waals surface area contributed by atoms with E-state index in [0.717, 1.165) is 30.3 Å². The Balaban J connectivity index is 1.67. The quantitative estimate of drug-likeness (QED) is 0.779. The monoisotopic (exact) mass is 348 g/mol. The predicted octanol–water partition coefficient (Wildman–Crippen LogP) is 3.29. The van der Waals surface area contributed by atoms with Gasteiger partial charge in [-0.1, -0.05) is 6.07 Å². The molecule has 0 unspecified atom stereocenters. The van der Waals surface area contributed by atoms with Crippen molar-refractivity contribution in [3.63, 3.8) is 0 Å². The number of amides is 1. The van der Waals surface area contributed by atoms with Gasteiger partial charge in [-0.3, -0.25) is 0 Å². The van der Waals surface area contributed by atoms with E-state index in [0.29, 0.717) is 19.7 Å². The largest absolute Gasteiger partial charge is 0.483 e. The molecule has 2 aliphatic heterocycles. The number of nitrogens with zero attached hydrogens (tertiary/aromatic N) is 2. The Morgan fingerprint density at radius 1 is 1.16 bits per heavy atom. The van der Waals surface area contributed by atoms with E-state index < -0.39 is 5.60 Å². The first-order chi connectivity index (χ1) is 11.6. The van der Waals surface area contributed by atoms with Crippen molar-refractivity contribution in [2.75, 3.05) is 37.7 Å². The highest BCUT2D eigenvalue weighted by atomic mass is 16.6. The Labute approximate surface area is 149 Å². The van der Waals surface area contributed by atoms with Gasteiger partial charge < -0.3 is 24.0 Å². The molecule has 2 heterocycles. The summed E-state index contributed by atoms with van der Waals surface area (Å²) in [4.78, 5) is 16.2. The molecule has 0 atom stereocenters. The van der Waals surface area contributed by atoms with Gasteiger partial charge in [-0.25, -0.2) is 4.79 Å². The van der Waals surface area contributed by atoms with E-state index >= 15 is 0 Å². The highest BCUT2D eigenvalue weighted by molar-refractivity contribution is 5.70. The van der Waals surface area contributed by atoms with Gasteiger partial charge in [0.1, 0.15) is 17.8 Å². The van der Waals surface area contributed by atoms with E-state index in [1.807, 2.05) is 52.8 Å². The Morgan fingerprint density at radius 3 is 2.48 bits per heavy atom. The highest BCUT2D eigenvalue weighted by Gasteiger charge is 2.32. The third kappa shape index (κ3) is 4.11. The van der Waals surface area contributed by atoms with Gasteiger partial charge in [0.25, 0.3) is 0 Å². The first-order valence-corrected chi connectivity index (χ1v) is 8.82. The van der Waals surface area contributed by atoms with Gasteiger partial charge in [-0.2, -0.15) is 0 Å². The fraction of sp³-hybridized carbons (Fsp3) is 0.632. The number of benzene rings is 1. The molecular formula is C19H28N2O4. The van der Waals surface area contributed by atoms with E-state index in [4.69, 9.17) is 14.2 Å². The van der Waals surface area contributed by atoms with Crippen LogP contribution in [0.2, 0.25) is 0 Å². The number of anilines is 1. The normalized spacial score (nSPS) is 19.6. The predicted molar refractivity (Wildman–Crippen MR) is 96.7 cm³/mol. The third-order valence-electron chi connectivity index (χ3n) is 4.18. The number of para-hydroxylation sites is 1. The lowest BCUT2D eigenvalue weighted by Gasteiger charge is -2.39. The van der Waals surface area contributed by atoms with Gasteiger partial charge in [-0.15, -0.1) is 0 Å². The average molecular weight is 348 g/mol. The van der Waals surface area contributed by atoms with E-state index in [1.54, 1.807) is 4.90 Å². The number of hydrogen-bond donors (Lipinski definition) is 0. The molecule has 1 amide bonds. The first kappa shape index (κ1) is 17.7. The lowest BCUT2D eigenvalue weighted by atomic mass is 10.1. The van der Waals surface area contributed by atoms with E-state index in [1.165, 1.54) is 0 Å². The van der Waals surface area contributed by atoms with Crippen molar-refractivity contribution < 1.29 is 19.0 Å². The average Bonchev–Trinajstić information content (AvgIpc) is 2.51. The van der Waals surface area contributed by atoms with Crippen LogP contribution in [0.4, 0.5) is 10.5 Å². The van der Waals surface area contributed by atoms with E-state index in [2.05, 4.69) is 4.90 Å². The van der Waals surface area contributed by atoms with Crippen molar-refractivity contribution in [2.45, 2.75) is 45.8 Å². The second-order valence-electron chi connectivity index (χ2n) is 8.21. The minimum absolute atomic E-state index is 0.247. The molecule has 0 N–H and O–H groups in total. The SMILES string of the molecule is CC(C)(C)OC(=O)N1CCN(c2cccc3c2OCC(C)(C)O3)CC1. The lowest BCUT2D eigenvalue weighted by molar-refractivity contribution is 0.0205. The second-order valence-corrected chi connectivity index (χ2v) is 8.21. The fourth-order valence-electron chi connectivity index (χ4n) is 3.01. The van der Waals surface area contributed by atoms with Crippen LogP contribution in [0.3, 0.4) is 0 Å². The van der Waals surface area contributed by atoms with Gasteiger partial charge in [0.2, 0.25) is 0 Å². The van der Waals surface area contributed by atoms with Crippen LogP contribution < -0.4 is 14.4 Å².